The highest BCUT2D eigenvalue weighted by Crippen LogP contribution is 2.21. The van der Waals surface area contributed by atoms with Crippen LogP contribution in [0.2, 0.25) is 0 Å². The second-order valence-corrected chi connectivity index (χ2v) is 7.81. The van der Waals surface area contributed by atoms with E-state index in [0.717, 1.165) is 18.4 Å². The van der Waals surface area contributed by atoms with Crippen molar-refractivity contribution in [1.82, 2.24) is 5.32 Å². The van der Waals surface area contributed by atoms with Crippen LogP contribution in [0.15, 0.2) is 0 Å². The third kappa shape index (κ3) is 8.46. The van der Waals surface area contributed by atoms with Gasteiger partial charge in [-0.15, -0.1) is 0 Å². The van der Waals surface area contributed by atoms with Crippen molar-refractivity contribution in [3.63, 3.8) is 0 Å². The fourth-order valence-electron chi connectivity index (χ4n) is 1.86. The fourth-order valence-corrected chi connectivity index (χ4v) is 2.09. The summed E-state index contributed by atoms with van der Waals surface area (Å²) in [5, 5.41) is 3.75. The summed E-state index contributed by atoms with van der Waals surface area (Å²) in [6, 6.07) is 0.687. The molecule has 0 radical (unpaired) electrons. The van der Waals surface area contributed by atoms with E-state index in [1.807, 2.05) is 11.8 Å². The molecule has 0 aliphatic heterocycles. The van der Waals surface area contributed by atoms with Gasteiger partial charge in [0.05, 0.1) is 0 Å². The van der Waals surface area contributed by atoms with Crippen molar-refractivity contribution in [1.29, 1.82) is 0 Å². The largest absolute Gasteiger partial charge is 0.313 e. The predicted molar refractivity (Wildman–Crippen MR) is 78.3 cm³/mol. The SMILES string of the molecule is CSC(C)(C)CNC(CC(C)C)CC(C)C. The van der Waals surface area contributed by atoms with E-state index in [0.29, 0.717) is 10.8 Å². The van der Waals surface area contributed by atoms with Crippen molar-refractivity contribution >= 4 is 11.8 Å². The van der Waals surface area contributed by atoms with Gasteiger partial charge in [0, 0.05) is 17.3 Å². The molecule has 98 valence electrons. The molecule has 0 saturated heterocycles. The van der Waals surface area contributed by atoms with E-state index in [2.05, 4.69) is 53.1 Å². The molecule has 0 fully saturated rings. The van der Waals surface area contributed by atoms with Crippen LogP contribution in [0, 0.1) is 11.8 Å². The van der Waals surface area contributed by atoms with Gasteiger partial charge in [0.25, 0.3) is 0 Å². The average Bonchev–Trinajstić information content (AvgIpc) is 2.13. The summed E-state index contributed by atoms with van der Waals surface area (Å²) in [6.45, 7) is 15.0. The van der Waals surface area contributed by atoms with Crippen LogP contribution in [0.3, 0.4) is 0 Å². The Morgan fingerprint density at radius 1 is 1.00 bits per heavy atom. The molecule has 1 nitrogen and oxygen atoms in total. The molecule has 0 aromatic heterocycles. The second-order valence-electron chi connectivity index (χ2n) is 6.30. The highest BCUT2D eigenvalue weighted by atomic mass is 32.2. The zero-order valence-corrected chi connectivity index (χ0v) is 13.1. The van der Waals surface area contributed by atoms with E-state index >= 15 is 0 Å². The van der Waals surface area contributed by atoms with Gasteiger partial charge in [-0.05, 0) is 44.8 Å². The monoisotopic (exact) mass is 245 g/mol. The Labute approximate surface area is 107 Å². The Balaban J connectivity index is 4.10. The molecular formula is C14H31NS. The maximum atomic E-state index is 3.75. The lowest BCUT2D eigenvalue weighted by Crippen LogP contribution is -2.40. The highest BCUT2D eigenvalue weighted by molar-refractivity contribution is 7.99. The molecule has 0 bridgehead atoms. The van der Waals surface area contributed by atoms with Crippen LogP contribution >= 0.6 is 11.8 Å². The Morgan fingerprint density at radius 2 is 1.44 bits per heavy atom. The first-order chi connectivity index (χ1) is 7.26. The van der Waals surface area contributed by atoms with Crippen LogP contribution in [0.5, 0.6) is 0 Å². The standard InChI is InChI=1S/C14H31NS/c1-11(2)8-13(9-12(3)4)15-10-14(5,6)16-7/h11-13,15H,8-10H2,1-7H3. The van der Waals surface area contributed by atoms with Crippen LogP contribution in [0.4, 0.5) is 0 Å². The molecule has 0 unspecified atom stereocenters. The quantitative estimate of drug-likeness (QED) is 0.688. The second kappa shape index (κ2) is 7.60. The van der Waals surface area contributed by atoms with Gasteiger partial charge >= 0.3 is 0 Å². The van der Waals surface area contributed by atoms with Crippen molar-refractivity contribution < 1.29 is 0 Å². The van der Waals surface area contributed by atoms with Gasteiger partial charge in [-0.25, -0.2) is 0 Å². The van der Waals surface area contributed by atoms with Gasteiger partial charge in [0.2, 0.25) is 0 Å². The molecule has 0 aromatic carbocycles. The molecular weight excluding hydrogens is 214 g/mol. The maximum absolute atomic E-state index is 3.75. The molecule has 2 heteroatoms. The molecule has 0 aliphatic carbocycles. The van der Waals surface area contributed by atoms with Gasteiger partial charge < -0.3 is 5.32 Å². The summed E-state index contributed by atoms with van der Waals surface area (Å²) in [7, 11) is 0. The first-order valence-electron chi connectivity index (χ1n) is 6.55. The molecule has 0 aliphatic rings. The maximum Gasteiger partial charge on any atom is 0.0225 e. The minimum atomic E-state index is 0.353. The van der Waals surface area contributed by atoms with Crippen molar-refractivity contribution in [3.8, 4) is 0 Å². The molecule has 0 amide bonds. The molecule has 0 heterocycles. The normalized spacial score (nSPS) is 13.1. The minimum Gasteiger partial charge on any atom is -0.313 e. The van der Waals surface area contributed by atoms with E-state index in [1.54, 1.807) is 0 Å². The molecule has 0 atom stereocenters. The lowest BCUT2D eigenvalue weighted by molar-refractivity contribution is 0.352. The summed E-state index contributed by atoms with van der Waals surface area (Å²) in [5.74, 6) is 1.57. The number of hydrogen-bond donors (Lipinski definition) is 1. The summed E-state index contributed by atoms with van der Waals surface area (Å²) < 4.78 is 0.353. The molecule has 16 heavy (non-hydrogen) atoms. The van der Waals surface area contributed by atoms with Crippen LogP contribution in [-0.2, 0) is 0 Å². The van der Waals surface area contributed by atoms with Gasteiger partial charge in [-0.2, -0.15) is 11.8 Å². The zero-order valence-electron chi connectivity index (χ0n) is 12.3. The number of hydrogen-bond acceptors (Lipinski definition) is 2. The Morgan fingerprint density at radius 3 is 1.75 bits per heavy atom. The Hall–Kier alpha value is 0.310. The third-order valence-electron chi connectivity index (χ3n) is 2.88. The topological polar surface area (TPSA) is 12.0 Å². The van der Waals surface area contributed by atoms with E-state index in [1.165, 1.54) is 12.8 Å². The zero-order chi connectivity index (χ0) is 12.8. The van der Waals surface area contributed by atoms with E-state index in [4.69, 9.17) is 0 Å². The molecule has 0 aromatic rings. The molecule has 0 rings (SSSR count). The summed E-state index contributed by atoms with van der Waals surface area (Å²) in [5.41, 5.74) is 0. The van der Waals surface area contributed by atoms with Crippen molar-refractivity contribution in [2.75, 3.05) is 12.8 Å². The number of rotatable bonds is 8. The molecule has 1 N–H and O–H groups in total. The third-order valence-corrected chi connectivity index (χ3v) is 4.13. The minimum absolute atomic E-state index is 0.353. The van der Waals surface area contributed by atoms with Gasteiger partial charge in [-0.3, -0.25) is 0 Å². The molecule has 0 saturated carbocycles. The smallest absolute Gasteiger partial charge is 0.0225 e. The van der Waals surface area contributed by atoms with Gasteiger partial charge in [0.1, 0.15) is 0 Å². The Kier molecular flexibility index (Phi) is 7.75. The van der Waals surface area contributed by atoms with Crippen molar-refractivity contribution in [2.45, 2.75) is 65.2 Å². The van der Waals surface area contributed by atoms with E-state index in [-0.39, 0.29) is 0 Å². The average molecular weight is 245 g/mol. The van der Waals surface area contributed by atoms with Crippen LogP contribution in [0.1, 0.15) is 54.4 Å². The first kappa shape index (κ1) is 16.3. The van der Waals surface area contributed by atoms with E-state index in [9.17, 15) is 0 Å². The molecule has 0 spiro atoms. The van der Waals surface area contributed by atoms with E-state index < -0.39 is 0 Å². The lowest BCUT2D eigenvalue weighted by Gasteiger charge is -2.28. The number of thioether (sulfide) groups is 1. The summed E-state index contributed by atoms with van der Waals surface area (Å²) in [6.07, 6.45) is 4.78. The van der Waals surface area contributed by atoms with Crippen LogP contribution in [-0.4, -0.2) is 23.6 Å². The first-order valence-corrected chi connectivity index (χ1v) is 7.78. The van der Waals surface area contributed by atoms with Crippen molar-refractivity contribution in [2.24, 2.45) is 11.8 Å². The summed E-state index contributed by atoms with van der Waals surface area (Å²) >= 11 is 1.94. The van der Waals surface area contributed by atoms with Crippen molar-refractivity contribution in [3.05, 3.63) is 0 Å². The van der Waals surface area contributed by atoms with Gasteiger partial charge in [-0.1, -0.05) is 27.7 Å². The van der Waals surface area contributed by atoms with Gasteiger partial charge in [0.15, 0.2) is 0 Å². The van der Waals surface area contributed by atoms with Crippen LogP contribution in [0.25, 0.3) is 0 Å². The fraction of sp³-hybridized carbons (Fsp3) is 1.00. The number of nitrogens with one attached hydrogen (secondary N) is 1. The predicted octanol–water partition coefficient (Wildman–Crippen LogP) is 4.18. The lowest BCUT2D eigenvalue weighted by atomic mass is 9.95. The highest BCUT2D eigenvalue weighted by Gasteiger charge is 2.19. The Bertz CT molecular complexity index is 166. The summed E-state index contributed by atoms with van der Waals surface area (Å²) in [4.78, 5) is 0. The van der Waals surface area contributed by atoms with Crippen LogP contribution < -0.4 is 5.32 Å².